The summed E-state index contributed by atoms with van der Waals surface area (Å²) in [7, 11) is 0. The molecule has 7 heteroatoms. The molecule has 1 fully saturated rings. The molecule has 0 spiro atoms. The number of fused-ring (bicyclic) bond motifs is 1. The number of aromatic amines is 1. The number of hydrogen-bond acceptors (Lipinski definition) is 4. The maximum Gasteiger partial charge on any atom is 0.272 e. The first-order valence-electron chi connectivity index (χ1n) is 9.13. The van der Waals surface area contributed by atoms with Gasteiger partial charge < -0.3 is 14.8 Å². The highest BCUT2D eigenvalue weighted by atomic mass is 16.2. The van der Waals surface area contributed by atoms with Crippen LogP contribution in [0.4, 0.5) is 0 Å². The molecule has 1 saturated heterocycles. The number of carbonyl (C=O) groups is 2. The predicted octanol–water partition coefficient (Wildman–Crippen LogP) is 2.12. The fraction of sp³-hybridized carbons (Fsp3) is 0.300. The van der Waals surface area contributed by atoms with E-state index in [0.717, 1.165) is 23.0 Å². The summed E-state index contributed by atoms with van der Waals surface area (Å²) in [5, 5.41) is 0. The van der Waals surface area contributed by atoms with Crippen LogP contribution in [0.25, 0.3) is 11.0 Å². The minimum atomic E-state index is -0.0570. The molecule has 0 saturated carbocycles. The van der Waals surface area contributed by atoms with Crippen LogP contribution in [0.5, 0.6) is 0 Å². The summed E-state index contributed by atoms with van der Waals surface area (Å²) in [6.07, 6.45) is 4.03. The van der Waals surface area contributed by atoms with Gasteiger partial charge in [0, 0.05) is 37.9 Å². The van der Waals surface area contributed by atoms with Gasteiger partial charge in [-0.05, 0) is 36.2 Å². The molecule has 27 heavy (non-hydrogen) atoms. The molecule has 0 aliphatic carbocycles. The number of imidazole rings is 1. The first kappa shape index (κ1) is 17.2. The number of rotatable bonds is 3. The number of nitrogens with one attached hydrogen (secondary N) is 1. The van der Waals surface area contributed by atoms with E-state index in [9.17, 15) is 9.59 Å². The Morgan fingerprint density at radius 1 is 1.04 bits per heavy atom. The van der Waals surface area contributed by atoms with Crippen LogP contribution in [-0.4, -0.2) is 62.7 Å². The largest absolute Gasteiger partial charge is 0.345 e. The Hall–Kier alpha value is -3.22. The standard InChI is InChI=1S/C20H21N5O2/c1-2-14-4-3-7-21-18(14)20(27)25-10-8-24(9-11-25)19(26)15-5-6-16-17(12-15)23-13-22-16/h3-7,12-13H,2,8-11H2,1H3,(H,22,23). The zero-order chi connectivity index (χ0) is 18.8. The van der Waals surface area contributed by atoms with Crippen LogP contribution in [0, 0.1) is 0 Å². The highest BCUT2D eigenvalue weighted by Crippen LogP contribution is 2.16. The average Bonchev–Trinajstić information content (AvgIpc) is 3.20. The number of piperazine rings is 1. The zero-order valence-corrected chi connectivity index (χ0v) is 15.2. The third kappa shape index (κ3) is 3.28. The molecule has 0 atom stereocenters. The van der Waals surface area contributed by atoms with Crippen molar-refractivity contribution in [2.24, 2.45) is 0 Å². The van der Waals surface area contributed by atoms with E-state index >= 15 is 0 Å². The van der Waals surface area contributed by atoms with Gasteiger partial charge in [-0.15, -0.1) is 0 Å². The lowest BCUT2D eigenvalue weighted by atomic mass is 10.1. The SMILES string of the molecule is CCc1cccnc1C(=O)N1CCN(C(=O)c2ccc3nc[nH]c3c2)CC1. The van der Waals surface area contributed by atoms with Gasteiger partial charge in [0.1, 0.15) is 5.69 Å². The summed E-state index contributed by atoms with van der Waals surface area (Å²) in [4.78, 5) is 40.6. The first-order chi connectivity index (χ1) is 13.2. The van der Waals surface area contributed by atoms with Crippen molar-refractivity contribution < 1.29 is 9.59 Å². The minimum Gasteiger partial charge on any atom is -0.345 e. The Labute approximate surface area is 157 Å². The second-order valence-electron chi connectivity index (χ2n) is 6.58. The summed E-state index contributed by atoms with van der Waals surface area (Å²) in [6, 6.07) is 9.24. The Bertz CT molecular complexity index is 989. The van der Waals surface area contributed by atoms with Crippen molar-refractivity contribution >= 4 is 22.8 Å². The van der Waals surface area contributed by atoms with Crippen LogP contribution in [0.15, 0.2) is 42.9 Å². The number of amides is 2. The van der Waals surface area contributed by atoms with E-state index < -0.39 is 0 Å². The van der Waals surface area contributed by atoms with Gasteiger partial charge in [0.25, 0.3) is 11.8 Å². The van der Waals surface area contributed by atoms with E-state index in [4.69, 9.17) is 0 Å². The van der Waals surface area contributed by atoms with E-state index in [0.29, 0.717) is 37.4 Å². The summed E-state index contributed by atoms with van der Waals surface area (Å²) >= 11 is 0. The van der Waals surface area contributed by atoms with Crippen molar-refractivity contribution in [1.82, 2.24) is 24.8 Å². The molecule has 2 aromatic heterocycles. The molecule has 1 N–H and O–H groups in total. The van der Waals surface area contributed by atoms with Crippen LogP contribution < -0.4 is 0 Å². The summed E-state index contributed by atoms with van der Waals surface area (Å²) in [5.41, 5.74) is 3.78. The van der Waals surface area contributed by atoms with E-state index in [1.54, 1.807) is 28.4 Å². The number of carbonyl (C=O) groups excluding carboxylic acids is 2. The van der Waals surface area contributed by atoms with Crippen molar-refractivity contribution in [3.8, 4) is 0 Å². The number of benzene rings is 1. The smallest absolute Gasteiger partial charge is 0.272 e. The zero-order valence-electron chi connectivity index (χ0n) is 15.2. The lowest BCUT2D eigenvalue weighted by Gasteiger charge is -2.34. The molecule has 1 aliphatic rings. The fourth-order valence-corrected chi connectivity index (χ4v) is 3.43. The van der Waals surface area contributed by atoms with Gasteiger partial charge in [0.05, 0.1) is 17.4 Å². The average molecular weight is 363 g/mol. The van der Waals surface area contributed by atoms with Gasteiger partial charge in [-0.2, -0.15) is 0 Å². The van der Waals surface area contributed by atoms with Crippen molar-refractivity contribution in [2.75, 3.05) is 26.2 Å². The third-order valence-electron chi connectivity index (χ3n) is 5.00. The Balaban J connectivity index is 1.43. The van der Waals surface area contributed by atoms with Crippen LogP contribution in [0.1, 0.15) is 33.3 Å². The Morgan fingerprint density at radius 3 is 2.52 bits per heavy atom. The van der Waals surface area contributed by atoms with Crippen molar-refractivity contribution in [3.63, 3.8) is 0 Å². The van der Waals surface area contributed by atoms with Crippen molar-refractivity contribution in [2.45, 2.75) is 13.3 Å². The lowest BCUT2D eigenvalue weighted by molar-refractivity contribution is 0.0531. The second-order valence-corrected chi connectivity index (χ2v) is 6.58. The molecule has 0 radical (unpaired) electrons. The molecule has 3 aromatic rings. The van der Waals surface area contributed by atoms with E-state index in [1.165, 1.54) is 0 Å². The number of H-pyrrole nitrogens is 1. The lowest BCUT2D eigenvalue weighted by Crippen LogP contribution is -2.50. The third-order valence-corrected chi connectivity index (χ3v) is 5.00. The maximum atomic E-state index is 12.8. The molecule has 0 bridgehead atoms. The van der Waals surface area contributed by atoms with Crippen molar-refractivity contribution in [1.29, 1.82) is 0 Å². The molecule has 0 unspecified atom stereocenters. The number of pyridine rings is 1. The van der Waals surface area contributed by atoms with Gasteiger partial charge in [-0.1, -0.05) is 13.0 Å². The van der Waals surface area contributed by atoms with E-state index in [-0.39, 0.29) is 11.8 Å². The van der Waals surface area contributed by atoms with Crippen LogP contribution in [0.2, 0.25) is 0 Å². The number of aromatic nitrogens is 3. The monoisotopic (exact) mass is 363 g/mol. The molecule has 2 amide bonds. The maximum absolute atomic E-state index is 12.8. The second kappa shape index (κ2) is 7.19. The fourth-order valence-electron chi connectivity index (χ4n) is 3.43. The van der Waals surface area contributed by atoms with Gasteiger partial charge >= 0.3 is 0 Å². The van der Waals surface area contributed by atoms with Gasteiger partial charge in [0.2, 0.25) is 0 Å². The number of hydrogen-bond donors (Lipinski definition) is 1. The Morgan fingerprint density at radius 2 is 1.78 bits per heavy atom. The highest BCUT2D eigenvalue weighted by Gasteiger charge is 2.27. The molecule has 4 rings (SSSR count). The van der Waals surface area contributed by atoms with E-state index in [1.807, 2.05) is 31.2 Å². The molecule has 138 valence electrons. The molecule has 7 nitrogen and oxygen atoms in total. The van der Waals surface area contributed by atoms with E-state index in [2.05, 4.69) is 15.0 Å². The molecule has 3 heterocycles. The first-order valence-corrected chi connectivity index (χ1v) is 9.13. The molecular formula is C20H21N5O2. The number of aryl methyl sites for hydroxylation is 1. The molecule has 1 aromatic carbocycles. The quantitative estimate of drug-likeness (QED) is 0.773. The van der Waals surface area contributed by atoms with Crippen LogP contribution in [0.3, 0.4) is 0 Å². The molecule has 1 aliphatic heterocycles. The van der Waals surface area contributed by atoms with Gasteiger partial charge in [0.15, 0.2) is 0 Å². The summed E-state index contributed by atoms with van der Waals surface area (Å²) < 4.78 is 0. The molecular weight excluding hydrogens is 342 g/mol. The van der Waals surface area contributed by atoms with Crippen LogP contribution in [-0.2, 0) is 6.42 Å². The number of nitrogens with zero attached hydrogens (tertiary/aromatic N) is 4. The Kier molecular flexibility index (Phi) is 4.58. The topological polar surface area (TPSA) is 82.2 Å². The predicted molar refractivity (Wildman–Crippen MR) is 102 cm³/mol. The summed E-state index contributed by atoms with van der Waals surface area (Å²) in [6.45, 7) is 4.06. The van der Waals surface area contributed by atoms with Gasteiger partial charge in [-0.3, -0.25) is 14.6 Å². The normalized spacial score (nSPS) is 14.6. The van der Waals surface area contributed by atoms with Crippen molar-refractivity contribution in [3.05, 3.63) is 59.7 Å². The van der Waals surface area contributed by atoms with Gasteiger partial charge in [-0.25, -0.2) is 4.98 Å². The summed E-state index contributed by atoms with van der Waals surface area (Å²) in [5.74, 6) is -0.0795. The highest BCUT2D eigenvalue weighted by molar-refractivity contribution is 5.98. The minimum absolute atomic E-state index is 0.0225. The van der Waals surface area contributed by atoms with Crippen LogP contribution >= 0.6 is 0 Å².